The molecule has 0 unspecified atom stereocenters. The SMILES string of the molecule is Cc1ccc(-n2nnnc2SCC(=O)N2CCC[C@@H]2c2ccc3c(c2)OCCO3)cc1. The second-order valence-electron chi connectivity index (χ2n) is 7.65. The fourth-order valence-electron chi connectivity index (χ4n) is 4.01. The zero-order valence-electron chi connectivity index (χ0n) is 17.2. The number of rotatable bonds is 5. The van der Waals surface area contributed by atoms with Crippen molar-refractivity contribution in [1.29, 1.82) is 0 Å². The Balaban J connectivity index is 1.28. The van der Waals surface area contributed by atoms with Crippen LogP contribution in [0.1, 0.15) is 30.0 Å². The van der Waals surface area contributed by atoms with Gasteiger partial charge in [-0.25, -0.2) is 0 Å². The molecule has 3 aromatic rings. The summed E-state index contributed by atoms with van der Waals surface area (Å²) >= 11 is 1.36. The molecule has 8 nitrogen and oxygen atoms in total. The van der Waals surface area contributed by atoms with Gasteiger partial charge in [0, 0.05) is 6.54 Å². The van der Waals surface area contributed by atoms with E-state index >= 15 is 0 Å². The van der Waals surface area contributed by atoms with E-state index < -0.39 is 0 Å². The van der Waals surface area contributed by atoms with Crippen LogP contribution in [0.3, 0.4) is 0 Å². The van der Waals surface area contributed by atoms with E-state index in [2.05, 4.69) is 15.5 Å². The number of carbonyl (C=O) groups excluding carboxylic acids is 1. The summed E-state index contributed by atoms with van der Waals surface area (Å²) in [6, 6.07) is 14.0. The third-order valence-corrected chi connectivity index (χ3v) is 6.47. The molecule has 9 heteroatoms. The summed E-state index contributed by atoms with van der Waals surface area (Å²) in [4.78, 5) is 15.0. The van der Waals surface area contributed by atoms with Crippen LogP contribution in [0.25, 0.3) is 5.69 Å². The van der Waals surface area contributed by atoms with Crippen LogP contribution in [0, 0.1) is 6.92 Å². The number of hydrogen-bond donors (Lipinski definition) is 0. The van der Waals surface area contributed by atoms with Crippen molar-refractivity contribution in [2.45, 2.75) is 31.0 Å². The van der Waals surface area contributed by atoms with Gasteiger partial charge in [0.15, 0.2) is 11.5 Å². The number of amides is 1. The van der Waals surface area contributed by atoms with Crippen LogP contribution in [-0.4, -0.2) is 56.5 Å². The first kappa shape index (κ1) is 19.9. The molecule has 1 fully saturated rings. The van der Waals surface area contributed by atoms with Crippen molar-refractivity contribution in [3.05, 3.63) is 53.6 Å². The lowest BCUT2D eigenvalue weighted by Crippen LogP contribution is -2.32. The van der Waals surface area contributed by atoms with Gasteiger partial charge in [-0.2, -0.15) is 4.68 Å². The largest absolute Gasteiger partial charge is 0.486 e. The van der Waals surface area contributed by atoms with Crippen molar-refractivity contribution in [2.24, 2.45) is 0 Å². The normalized spacial score (nSPS) is 17.7. The molecule has 2 aromatic carbocycles. The Bertz CT molecular complexity index is 1090. The molecule has 0 N–H and O–H groups in total. The number of thioether (sulfide) groups is 1. The summed E-state index contributed by atoms with van der Waals surface area (Å²) in [5.74, 6) is 1.90. The van der Waals surface area contributed by atoms with Crippen molar-refractivity contribution in [1.82, 2.24) is 25.1 Å². The Kier molecular flexibility index (Phi) is 5.50. The number of tetrazole rings is 1. The number of benzene rings is 2. The predicted octanol–water partition coefficient (Wildman–Crippen LogP) is 3.20. The monoisotopic (exact) mass is 437 g/mol. The van der Waals surface area contributed by atoms with Gasteiger partial charge in [-0.05, 0) is 60.0 Å². The summed E-state index contributed by atoms with van der Waals surface area (Å²) < 4.78 is 13.0. The minimum absolute atomic E-state index is 0.0528. The van der Waals surface area contributed by atoms with Gasteiger partial charge in [0.2, 0.25) is 11.1 Å². The summed E-state index contributed by atoms with van der Waals surface area (Å²) in [7, 11) is 0. The lowest BCUT2D eigenvalue weighted by atomic mass is 10.0. The van der Waals surface area contributed by atoms with Crippen LogP contribution in [0.5, 0.6) is 11.5 Å². The minimum atomic E-state index is 0.0528. The molecule has 31 heavy (non-hydrogen) atoms. The van der Waals surface area contributed by atoms with E-state index in [-0.39, 0.29) is 17.7 Å². The lowest BCUT2D eigenvalue weighted by molar-refractivity contribution is -0.129. The summed E-state index contributed by atoms with van der Waals surface area (Å²) in [5, 5.41) is 12.6. The Morgan fingerprint density at radius 2 is 1.94 bits per heavy atom. The van der Waals surface area contributed by atoms with Crippen molar-refractivity contribution in [2.75, 3.05) is 25.5 Å². The Morgan fingerprint density at radius 3 is 2.77 bits per heavy atom. The van der Waals surface area contributed by atoms with Crippen molar-refractivity contribution >= 4 is 17.7 Å². The molecule has 1 saturated heterocycles. The molecule has 1 aromatic heterocycles. The molecular weight excluding hydrogens is 414 g/mol. The molecule has 2 aliphatic rings. The van der Waals surface area contributed by atoms with Gasteiger partial charge in [-0.1, -0.05) is 35.5 Å². The number of likely N-dealkylation sites (tertiary alicyclic amines) is 1. The highest BCUT2D eigenvalue weighted by Crippen LogP contribution is 2.38. The fraction of sp³-hybridized carbons (Fsp3) is 0.364. The highest BCUT2D eigenvalue weighted by atomic mass is 32.2. The molecule has 5 rings (SSSR count). The van der Waals surface area contributed by atoms with Crippen LogP contribution in [0.4, 0.5) is 0 Å². The molecule has 0 bridgehead atoms. The van der Waals surface area contributed by atoms with Crippen LogP contribution < -0.4 is 9.47 Å². The quantitative estimate of drug-likeness (QED) is 0.567. The predicted molar refractivity (Wildman–Crippen MR) is 116 cm³/mol. The average molecular weight is 438 g/mol. The fourth-order valence-corrected chi connectivity index (χ4v) is 4.78. The smallest absolute Gasteiger partial charge is 0.233 e. The highest BCUT2D eigenvalue weighted by molar-refractivity contribution is 7.99. The number of hydrogen-bond acceptors (Lipinski definition) is 7. The number of carbonyl (C=O) groups is 1. The van der Waals surface area contributed by atoms with Gasteiger partial charge in [0.05, 0.1) is 17.5 Å². The van der Waals surface area contributed by atoms with Crippen LogP contribution in [0.15, 0.2) is 47.6 Å². The van der Waals surface area contributed by atoms with Gasteiger partial charge in [-0.3, -0.25) is 4.79 Å². The summed E-state index contributed by atoms with van der Waals surface area (Å²) in [6.45, 7) is 3.91. The molecule has 3 heterocycles. The highest BCUT2D eigenvalue weighted by Gasteiger charge is 2.31. The molecule has 0 spiro atoms. The van der Waals surface area contributed by atoms with Gasteiger partial charge in [-0.15, -0.1) is 5.10 Å². The minimum Gasteiger partial charge on any atom is -0.486 e. The van der Waals surface area contributed by atoms with Crippen molar-refractivity contribution in [3.8, 4) is 17.2 Å². The molecule has 0 aliphatic carbocycles. The first-order valence-electron chi connectivity index (χ1n) is 10.4. The number of aromatic nitrogens is 4. The number of nitrogens with zero attached hydrogens (tertiary/aromatic N) is 5. The van der Waals surface area contributed by atoms with E-state index in [9.17, 15) is 4.79 Å². The van der Waals surface area contributed by atoms with E-state index in [0.717, 1.165) is 42.1 Å². The Labute approximate surface area is 184 Å². The lowest BCUT2D eigenvalue weighted by Gasteiger charge is -2.26. The van der Waals surface area contributed by atoms with Crippen LogP contribution >= 0.6 is 11.8 Å². The molecule has 0 saturated carbocycles. The molecule has 160 valence electrons. The standard InChI is InChI=1S/C22H23N5O3S/c1-15-4-7-17(8-5-15)27-22(23-24-25-27)31-14-21(28)26-10-2-3-18(26)16-6-9-19-20(13-16)30-12-11-29-19/h4-9,13,18H,2-3,10-12,14H2,1H3/t18-/m1/s1. The zero-order valence-corrected chi connectivity index (χ0v) is 18.0. The second-order valence-corrected chi connectivity index (χ2v) is 8.59. The van der Waals surface area contributed by atoms with E-state index in [0.29, 0.717) is 18.4 Å². The van der Waals surface area contributed by atoms with Gasteiger partial charge >= 0.3 is 0 Å². The summed E-state index contributed by atoms with van der Waals surface area (Å²) in [5.41, 5.74) is 3.13. The van der Waals surface area contributed by atoms with Gasteiger partial charge < -0.3 is 14.4 Å². The molecule has 2 aliphatic heterocycles. The van der Waals surface area contributed by atoms with Gasteiger partial charge in [0.1, 0.15) is 13.2 Å². The third kappa shape index (κ3) is 4.10. The molecule has 0 radical (unpaired) electrons. The third-order valence-electron chi connectivity index (χ3n) is 5.57. The van der Waals surface area contributed by atoms with E-state index in [4.69, 9.17) is 9.47 Å². The maximum Gasteiger partial charge on any atom is 0.233 e. The maximum absolute atomic E-state index is 13.1. The van der Waals surface area contributed by atoms with E-state index in [1.807, 2.05) is 54.3 Å². The second kappa shape index (κ2) is 8.58. The Hall–Kier alpha value is -3.07. The molecule has 1 amide bonds. The van der Waals surface area contributed by atoms with Crippen LogP contribution in [-0.2, 0) is 4.79 Å². The molecular formula is C22H23N5O3S. The number of aryl methyl sites for hydroxylation is 1. The van der Waals surface area contributed by atoms with Crippen molar-refractivity contribution in [3.63, 3.8) is 0 Å². The van der Waals surface area contributed by atoms with E-state index in [1.165, 1.54) is 17.3 Å². The van der Waals surface area contributed by atoms with Crippen LogP contribution in [0.2, 0.25) is 0 Å². The average Bonchev–Trinajstić information content (AvgIpc) is 3.47. The topological polar surface area (TPSA) is 82.4 Å². The Morgan fingerprint density at radius 1 is 1.13 bits per heavy atom. The zero-order chi connectivity index (χ0) is 21.2. The first-order chi connectivity index (χ1) is 15.2. The molecule has 1 atom stereocenters. The van der Waals surface area contributed by atoms with Crippen molar-refractivity contribution < 1.29 is 14.3 Å². The maximum atomic E-state index is 13.1. The first-order valence-corrected chi connectivity index (χ1v) is 11.3. The van der Waals surface area contributed by atoms with E-state index in [1.54, 1.807) is 4.68 Å². The summed E-state index contributed by atoms with van der Waals surface area (Å²) in [6.07, 6.45) is 1.92. The van der Waals surface area contributed by atoms with Gasteiger partial charge in [0.25, 0.3) is 0 Å². The number of ether oxygens (including phenoxy) is 2. The number of fused-ring (bicyclic) bond motifs is 1.